The van der Waals surface area contributed by atoms with E-state index < -0.39 is 28.1 Å². The van der Waals surface area contributed by atoms with Crippen molar-refractivity contribution in [2.24, 2.45) is 0 Å². The smallest absolute Gasteiger partial charge is 0.321 e. The molecule has 0 bridgehead atoms. The summed E-state index contributed by atoms with van der Waals surface area (Å²) in [6, 6.07) is 20.5. The van der Waals surface area contributed by atoms with Crippen LogP contribution < -0.4 is 14.2 Å². The van der Waals surface area contributed by atoms with Gasteiger partial charge in [0.2, 0.25) is 10.0 Å². The molecule has 0 aliphatic heterocycles. The Morgan fingerprint density at radius 1 is 0.909 bits per heavy atom. The van der Waals surface area contributed by atoms with Crippen LogP contribution in [0, 0.1) is 0 Å². The molecule has 2 atom stereocenters. The number of aliphatic hydroxyl groups excluding tert-OH is 1. The van der Waals surface area contributed by atoms with Crippen LogP contribution in [-0.2, 0) is 14.8 Å². The first-order valence-corrected chi connectivity index (χ1v) is 11.6. The van der Waals surface area contributed by atoms with Crippen LogP contribution in [0.3, 0.4) is 0 Å². The van der Waals surface area contributed by atoms with E-state index in [-0.39, 0.29) is 17.9 Å². The number of benzene rings is 3. The molecule has 3 aromatic rings. The molecule has 8 nitrogen and oxygen atoms in total. The third-order valence-electron chi connectivity index (χ3n) is 4.88. The van der Waals surface area contributed by atoms with Crippen molar-refractivity contribution in [3.63, 3.8) is 0 Å². The number of ether oxygens (including phenoxy) is 2. The zero-order chi connectivity index (χ0) is 23.8. The van der Waals surface area contributed by atoms with Crippen LogP contribution in [0.5, 0.6) is 11.5 Å². The number of hydrogen-bond acceptors (Lipinski definition) is 6. The Balaban J connectivity index is 1.65. The molecular weight excluding hydrogens is 446 g/mol. The van der Waals surface area contributed by atoms with E-state index in [1.165, 1.54) is 12.1 Å². The van der Waals surface area contributed by atoms with Crippen molar-refractivity contribution in [2.45, 2.75) is 23.5 Å². The number of aliphatic hydroxyl groups is 1. The van der Waals surface area contributed by atoms with Gasteiger partial charge in [-0.3, -0.25) is 4.79 Å². The van der Waals surface area contributed by atoms with Crippen LogP contribution in [0.15, 0.2) is 83.8 Å². The summed E-state index contributed by atoms with van der Waals surface area (Å²) < 4.78 is 38.2. The van der Waals surface area contributed by atoms with E-state index in [9.17, 15) is 23.4 Å². The molecule has 33 heavy (non-hydrogen) atoms. The lowest BCUT2D eigenvalue weighted by Gasteiger charge is -2.19. The number of rotatable bonds is 11. The van der Waals surface area contributed by atoms with E-state index in [0.29, 0.717) is 11.5 Å². The lowest BCUT2D eigenvalue weighted by atomic mass is 10.1. The highest BCUT2D eigenvalue weighted by molar-refractivity contribution is 7.89. The summed E-state index contributed by atoms with van der Waals surface area (Å²) >= 11 is 0. The maximum atomic E-state index is 12.7. The molecule has 0 aliphatic rings. The molecule has 3 aromatic carbocycles. The van der Waals surface area contributed by atoms with Gasteiger partial charge >= 0.3 is 5.97 Å². The van der Waals surface area contributed by atoms with E-state index in [4.69, 9.17) is 9.47 Å². The van der Waals surface area contributed by atoms with E-state index >= 15 is 0 Å². The minimum atomic E-state index is -4.13. The topological polar surface area (TPSA) is 122 Å². The van der Waals surface area contributed by atoms with Gasteiger partial charge in [-0.05, 0) is 47.5 Å². The standard InChI is InChI=1S/C24H25NO7S/c1-31-20-11-7-17(8-12-20)18-9-13-22(14-10-18)33(29,30)25-23(24(27)28)15-19(26)16-32-21-5-3-2-4-6-21/h2-14,19,23,25-26H,15-16H2,1H3,(H,27,28). The first-order chi connectivity index (χ1) is 15.8. The summed E-state index contributed by atoms with van der Waals surface area (Å²) in [5, 5.41) is 19.6. The molecule has 174 valence electrons. The number of carboxylic acid groups (broad SMARTS) is 1. The number of carbonyl (C=O) groups is 1. The second-order valence-electron chi connectivity index (χ2n) is 7.28. The monoisotopic (exact) mass is 471 g/mol. The predicted octanol–water partition coefficient (Wildman–Crippen LogP) is 2.92. The molecule has 0 aromatic heterocycles. The fourth-order valence-corrected chi connectivity index (χ4v) is 4.32. The number of sulfonamides is 1. The van der Waals surface area contributed by atoms with E-state index in [1.807, 2.05) is 18.2 Å². The maximum absolute atomic E-state index is 12.7. The molecule has 9 heteroatoms. The fraction of sp³-hybridized carbons (Fsp3) is 0.208. The molecule has 0 heterocycles. The minimum absolute atomic E-state index is 0.0824. The average Bonchev–Trinajstić information content (AvgIpc) is 2.83. The molecule has 0 spiro atoms. The van der Waals surface area contributed by atoms with Gasteiger partial charge < -0.3 is 19.7 Å². The fourth-order valence-electron chi connectivity index (χ4n) is 3.11. The zero-order valence-corrected chi connectivity index (χ0v) is 18.7. The van der Waals surface area contributed by atoms with Gasteiger partial charge in [0.25, 0.3) is 0 Å². The highest BCUT2D eigenvalue weighted by Crippen LogP contribution is 2.24. The predicted molar refractivity (Wildman–Crippen MR) is 123 cm³/mol. The Hall–Kier alpha value is -3.40. The van der Waals surface area contributed by atoms with Crippen molar-refractivity contribution in [1.29, 1.82) is 0 Å². The number of nitrogens with one attached hydrogen (secondary N) is 1. The van der Waals surface area contributed by atoms with Crippen molar-refractivity contribution in [1.82, 2.24) is 4.72 Å². The quantitative estimate of drug-likeness (QED) is 0.393. The highest BCUT2D eigenvalue weighted by atomic mass is 32.2. The van der Waals surface area contributed by atoms with Crippen LogP contribution in [0.25, 0.3) is 11.1 Å². The van der Waals surface area contributed by atoms with Crippen molar-refractivity contribution >= 4 is 16.0 Å². The van der Waals surface area contributed by atoms with E-state index in [0.717, 1.165) is 11.1 Å². The largest absolute Gasteiger partial charge is 0.497 e. The van der Waals surface area contributed by atoms with Crippen molar-refractivity contribution in [2.75, 3.05) is 13.7 Å². The maximum Gasteiger partial charge on any atom is 0.321 e. The van der Waals surface area contributed by atoms with Gasteiger partial charge in [0.15, 0.2) is 0 Å². The molecule has 0 fully saturated rings. The molecule has 0 saturated heterocycles. The third kappa shape index (κ3) is 6.79. The summed E-state index contributed by atoms with van der Waals surface area (Å²) in [4.78, 5) is 11.5. The normalized spacial score (nSPS) is 13.2. The van der Waals surface area contributed by atoms with Gasteiger partial charge in [0, 0.05) is 6.42 Å². The lowest BCUT2D eigenvalue weighted by molar-refractivity contribution is -0.139. The summed E-state index contributed by atoms with van der Waals surface area (Å²) in [7, 11) is -2.56. The average molecular weight is 472 g/mol. The van der Waals surface area contributed by atoms with Gasteiger partial charge in [-0.1, -0.05) is 42.5 Å². The summed E-state index contributed by atoms with van der Waals surface area (Å²) in [5.41, 5.74) is 1.66. The third-order valence-corrected chi connectivity index (χ3v) is 6.36. The summed E-state index contributed by atoms with van der Waals surface area (Å²) in [5.74, 6) is -0.175. The molecule has 0 amide bonds. The number of para-hydroxylation sites is 1. The Bertz CT molecular complexity index is 1150. The van der Waals surface area contributed by atoms with E-state index in [1.54, 1.807) is 55.6 Å². The number of carboxylic acids is 1. The van der Waals surface area contributed by atoms with Crippen LogP contribution in [0.4, 0.5) is 0 Å². The van der Waals surface area contributed by atoms with Crippen molar-refractivity contribution in [3.05, 3.63) is 78.9 Å². The second kappa shape index (κ2) is 11.0. The Morgan fingerprint density at radius 3 is 2.03 bits per heavy atom. The SMILES string of the molecule is COc1ccc(-c2ccc(S(=O)(=O)NC(CC(O)COc3ccccc3)C(=O)O)cc2)cc1. The van der Waals surface area contributed by atoms with E-state index in [2.05, 4.69) is 4.72 Å². The molecule has 0 aliphatic carbocycles. The van der Waals surface area contributed by atoms with Crippen LogP contribution in [-0.4, -0.2) is 50.5 Å². The summed E-state index contributed by atoms with van der Waals surface area (Å²) in [6.45, 7) is -0.175. The number of methoxy groups -OCH3 is 1. The van der Waals surface area contributed by atoms with Gasteiger partial charge in [-0.15, -0.1) is 0 Å². The molecule has 0 saturated carbocycles. The lowest BCUT2D eigenvalue weighted by Crippen LogP contribution is -2.43. The molecule has 3 N–H and O–H groups in total. The molecule has 3 rings (SSSR count). The number of hydrogen-bond donors (Lipinski definition) is 3. The van der Waals surface area contributed by atoms with Gasteiger partial charge in [0.05, 0.1) is 18.1 Å². The first-order valence-electron chi connectivity index (χ1n) is 10.1. The molecular formula is C24H25NO7S. The Labute approximate surface area is 192 Å². The zero-order valence-electron chi connectivity index (χ0n) is 17.9. The second-order valence-corrected chi connectivity index (χ2v) is 8.99. The van der Waals surface area contributed by atoms with Gasteiger partial charge in [-0.25, -0.2) is 8.42 Å². The minimum Gasteiger partial charge on any atom is -0.497 e. The van der Waals surface area contributed by atoms with Gasteiger partial charge in [-0.2, -0.15) is 4.72 Å². The van der Waals surface area contributed by atoms with Crippen molar-refractivity contribution < 1.29 is 32.9 Å². The summed E-state index contributed by atoms with van der Waals surface area (Å²) in [6.07, 6.45) is -1.54. The highest BCUT2D eigenvalue weighted by Gasteiger charge is 2.28. The van der Waals surface area contributed by atoms with Gasteiger partial charge in [0.1, 0.15) is 24.1 Å². The number of aliphatic carboxylic acids is 1. The van der Waals surface area contributed by atoms with Crippen LogP contribution in [0.1, 0.15) is 6.42 Å². The van der Waals surface area contributed by atoms with Crippen LogP contribution >= 0.6 is 0 Å². The van der Waals surface area contributed by atoms with Crippen LogP contribution in [0.2, 0.25) is 0 Å². The Kier molecular flexibility index (Phi) is 8.05. The van der Waals surface area contributed by atoms with Crippen molar-refractivity contribution in [3.8, 4) is 22.6 Å². The first kappa shape index (κ1) is 24.2. The Morgan fingerprint density at radius 2 is 1.48 bits per heavy atom. The molecule has 0 radical (unpaired) electrons. The molecule has 2 unspecified atom stereocenters.